The van der Waals surface area contributed by atoms with Crippen LogP contribution in [0.15, 0.2) is 46.9 Å². The minimum atomic E-state index is -0.0843. The van der Waals surface area contributed by atoms with E-state index in [1.165, 1.54) is 0 Å². The first-order valence-corrected chi connectivity index (χ1v) is 6.81. The van der Waals surface area contributed by atoms with Gasteiger partial charge < -0.3 is 11.1 Å². The number of carbonyl (C=O) groups excluding carboxylic acids is 1. The molecule has 3 N–H and O–H groups in total. The predicted octanol–water partition coefficient (Wildman–Crippen LogP) is 3.87. The summed E-state index contributed by atoms with van der Waals surface area (Å²) < 4.78 is 0.749. The van der Waals surface area contributed by atoms with Crippen molar-refractivity contribution in [1.29, 1.82) is 0 Å². The molecule has 0 aromatic heterocycles. The highest BCUT2D eigenvalue weighted by molar-refractivity contribution is 9.10. The van der Waals surface area contributed by atoms with Crippen molar-refractivity contribution in [2.45, 2.75) is 6.42 Å². The fraction of sp³-hybridized carbons (Fsp3) is 0.0714. The van der Waals surface area contributed by atoms with E-state index in [-0.39, 0.29) is 5.91 Å². The van der Waals surface area contributed by atoms with Crippen LogP contribution in [0.5, 0.6) is 0 Å². The summed E-state index contributed by atoms with van der Waals surface area (Å²) >= 11 is 9.20. The Morgan fingerprint density at radius 3 is 2.53 bits per heavy atom. The highest BCUT2D eigenvalue weighted by Crippen LogP contribution is 2.25. The molecule has 2 aromatic rings. The van der Waals surface area contributed by atoms with Crippen molar-refractivity contribution in [3.8, 4) is 0 Å². The fourth-order valence-electron chi connectivity index (χ4n) is 1.60. The van der Waals surface area contributed by atoms with Crippen LogP contribution in [0.3, 0.4) is 0 Å². The number of anilines is 2. The summed E-state index contributed by atoms with van der Waals surface area (Å²) in [5.41, 5.74) is 7.90. The number of amides is 1. The molecule has 0 aliphatic rings. The van der Waals surface area contributed by atoms with Crippen LogP contribution in [0.1, 0.15) is 5.56 Å². The van der Waals surface area contributed by atoms with E-state index < -0.39 is 0 Å². The van der Waals surface area contributed by atoms with Crippen molar-refractivity contribution in [1.82, 2.24) is 0 Å². The summed E-state index contributed by atoms with van der Waals surface area (Å²) in [6.07, 6.45) is 0.306. The van der Waals surface area contributed by atoms with Crippen LogP contribution >= 0.6 is 27.5 Å². The number of halogens is 2. The lowest BCUT2D eigenvalue weighted by molar-refractivity contribution is -0.115. The van der Waals surface area contributed by atoms with Gasteiger partial charge in [0.25, 0.3) is 0 Å². The zero-order chi connectivity index (χ0) is 13.8. The monoisotopic (exact) mass is 338 g/mol. The molecule has 0 fully saturated rings. The highest BCUT2D eigenvalue weighted by Gasteiger charge is 2.05. The van der Waals surface area contributed by atoms with E-state index in [0.717, 1.165) is 10.0 Å². The van der Waals surface area contributed by atoms with Crippen LogP contribution < -0.4 is 11.1 Å². The van der Waals surface area contributed by atoms with Crippen molar-refractivity contribution in [3.05, 3.63) is 57.5 Å². The van der Waals surface area contributed by atoms with Crippen LogP contribution in [0.25, 0.3) is 0 Å². The van der Waals surface area contributed by atoms with E-state index >= 15 is 0 Å². The smallest absolute Gasteiger partial charge is 0.228 e. The predicted molar refractivity (Wildman–Crippen MR) is 82.3 cm³/mol. The zero-order valence-electron chi connectivity index (χ0n) is 9.99. The lowest BCUT2D eigenvalue weighted by Crippen LogP contribution is -2.14. The molecule has 1 amide bonds. The molecule has 5 heteroatoms. The molecule has 0 unspecified atom stereocenters. The van der Waals surface area contributed by atoms with Gasteiger partial charge in [-0.1, -0.05) is 23.7 Å². The number of rotatable bonds is 3. The Balaban J connectivity index is 2.01. The summed E-state index contributed by atoms with van der Waals surface area (Å²) in [5, 5.41) is 3.42. The van der Waals surface area contributed by atoms with Gasteiger partial charge in [0.1, 0.15) is 0 Å². The molecule has 0 aliphatic heterocycles. The van der Waals surface area contributed by atoms with Crippen LogP contribution in [0.2, 0.25) is 5.02 Å². The average molecular weight is 340 g/mol. The topological polar surface area (TPSA) is 55.1 Å². The number of nitrogens with one attached hydrogen (secondary N) is 1. The summed E-state index contributed by atoms with van der Waals surface area (Å²) in [4.78, 5) is 11.9. The number of hydrogen-bond acceptors (Lipinski definition) is 2. The van der Waals surface area contributed by atoms with E-state index in [9.17, 15) is 4.79 Å². The Morgan fingerprint density at radius 2 is 1.89 bits per heavy atom. The van der Waals surface area contributed by atoms with Gasteiger partial charge >= 0.3 is 0 Å². The second-order valence-corrected chi connectivity index (χ2v) is 5.36. The van der Waals surface area contributed by atoms with Gasteiger partial charge in [-0.05, 0) is 51.8 Å². The molecular weight excluding hydrogens is 328 g/mol. The molecule has 2 aromatic carbocycles. The van der Waals surface area contributed by atoms with E-state index in [4.69, 9.17) is 17.3 Å². The van der Waals surface area contributed by atoms with E-state index in [2.05, 4.69) is 21.2 Å². The summed E-state index contributed by atoms with van der Waals surface area (Å²) in [6, 6.07) is 12.5. The number of nitrogen functional groups attached to an aromatic ring is 1. The first-order chi connectivity index (χ1) is 9.04. The lowest BCUT2D eigenvalue weighted by Gasteiger charge is -2.06. The first-order valence-electron chi connectivity index (χ1n) is 5.64. The maximum absolute atomic E-state index is 11.9. The van der Waals surface area contributed by atoms with E-state index in [1.54, 1.807) is 30.3 Å². The molecule has 0 radical (unpaired) electrons. The van der Waals surface area contributed by atoms with Crippen molar-refractivity contribution in [2.75, 3.05) is 11.1 Å². The van der Waals surface area contributed by atoms with Gasteiger partial charge in [0.15, 0.2) is 0 Å². The zero-order valence-corrected chi connectivity index (χ0v) is 12.3. The normalized spacial score (nSPS) is 10.2. The van der Waals surface area contributed by atoms with Gasteiger partial charge in [-0.2, -0.15) is 0 Å². The molecule has 19 heavy (non-hydrogen) atoms. The molecule has 3 nitrogen and oxygen atoms in total. The lowest BCUT2D eigenvalue weighted by atomic mass is 10.1. The molecule has 0 spiro atoms. The van der Waals surface area contributed by atoms with Crippen molar-refractivity contribution in [2.24, 2.45) is 0 Å². The molecule has 98 valence electrons. The van der Waals surface area contributed by atoms with Crippen molar-refractivity contribution in [3.63, 3.8) is 0 Å². The Kier molecular flexibility index (Phi) is 4.45. The van der Waals surface area contributed by atoms with Gasteiger partial charge in [0.05, 0.1) is 11.4 Å². The highest BCUT2D eigenvalue weighted by atomic mass is 79.9. The Labute approximate surface area is 124 Å². The first kappa shape index (κ1) is 13.9. The minimum Gasteiger partial charge on any atom is -0.399 e. The number of nitrogens with two attached hydrogens (primary N) is 1. The molecule has 0 heterocycles. The largest absolute Gasteiger partial charge is 0.399 e. The Bertz CT molecular complexity index is 599. The molecule has 2 rings (SSSR count). The number of carbonyl (C=O) groups is 1. The average Bonchev–Trinajstić information content (AvgIpc) is 2.37. The molecule has 0 saturated heterocycles. The van der Waals surface area contributed by atoms with Gasteiger partial charge in [0, 0.05) is 15.8 Å². The summed E-state index contributed by atoms with van der Waals surface area (Å²) in [7, 11) is 0. The Morgan fingerprint density at radius 1 is 1.21 bits per heavy atom. The van der Waals surface area contributed by atoms with Crippen LogP contribution in [-0.2, 0) is 11.2 Å². The standard InChI is InChI=1S/C14H12BrClN2O/c15-12-8-11(5-6-13(12)16)18-14(19)7-9-1-3-10(17)4-2-9/h1-6,8H,7,17H2,(H,18,19). The molecule has 0 aliphatic carbocycles. The number of hydrogen-bond donors (Lipinski definition) is 2. The van der Waals surface area contributed by atoms with E-state index in [1.807, 2.05) is 12.1 Å². The van der Waals surface area contributed by atoms with Gasteiger partial charge in [-0.15, -0.1) is 0 Å². The quantitative estimate of drug-likeness (QED) is 0.834. The van der Waals surface area contributed by atoms with Crippen molar-refractivity contribution < 1.29 is 4.79 Å². The maximum Gasteiger partial charge on any atom is 0.228 e. The number of benzene rings is 2. The Hall–Kier alpha value is -1.52. The third kappa shape index (κ3) is 3.98. The summed E-state index contributed by atoms with van der Waals surface area (Å²) in [6.45, 7) is 0. The van der Waals surface area contributed by atoms with Gasteiger partial charge in [-0.3, -0.25) is 4.79 Å². The van der Waals surface area contributed by atoms with Crippen LogP contribution in [0.4, 0.5) is 11.4 Å². The van der Waals surface area contributed by atoms with Crippen LogP contribution in [-0.4, -0.2) is 5.91 Å². The van der Waals surface area contributed by atoms with Crippen molar-refractivity contribution >= 4 is 44.8 Å². The molecule has 0 bridgehead atoms. The van der Waals surface area contributed by atoms with Crippen LogP contribution in [0, 0.1) is 0 Å². The van der Waals surface area contributed by atoms with Gasteiger partial charge in [-0.25, -0.2) is 0 Å². The third-order valence-electron chi connectivity index (χ3n) is 2.55. The SMILES string of the molecule is Nc1ccc(CC(=O)Nc2ccc(Cl)c(Br)c2)cc1. The fourth-order valence-corrected chi connectivity index (χ4v) is 2.10. The second kappa shape index (κ2) is 6.08. The molecule has 0 atom stereocenters. The minimum absolute atomic E-state index is 0.0843. The molecule has 0 saturated carbocycles. The van der Waals surface area contributed by atoms with Gasteiger partial charge in [0.2, 0.25) is 5.91 Å². The third-order valence-corrected chi connectivity index (χ3v) is 3.76. The molecular formula is C14H12BrClN2O. The van der Waals surface area contributed by atoms with E-state index in [0.29, 0.717) is 22.8 Å². The second-order valence-electron chi connectivity index (χ2n) is 4.10. The maximum atomic E-state index is 11.9. The summed E-state index contributed by atoms with van der Waals surface area (Å²) in [5.74, 6) is -0.0843.